The van der Waals surface area contributed by atoms with Gasteiger partial charge < -0.3 is 24.7 Å². The number of nitrogens with one attached hydrogen (secondary N) is 2. The van der Waals surface area contributed by atoms with Crippen LogP contribution in [0.15, 0.2) is 54.9 Å². The second-order valence-electron chi connectivity index (χ2n) is 8.13. The van der Waals surface area contributed by atoms with Crippen LogP contribution >= 0.6 is 11.6 Å². The topological polar surface area (TPSA) is 96.5 Å². The number of amides is 2. The number of imidazole rings is 1. The molecule has 0 radical (unpaired) electrons. The van der Waals surface area contributed by atoms with Crippen molar-refractivity contribution in [1.82, 2.24) is 20.2 Å². The molecule has 1 atom stereocenters. The standard InChI is InChI=1S/C26H27ClN4O4/c1-34-23-8-6-18(13-24(23)35-2)7-9-25(32)31-15-21-20(29-16-30-21)14-22(31)26(33)28-11-10-17-4-3-5-19(27)12-17/h3-9,12-13,16,22H,10-11,14-15H2,1-2H3,(H,28,33)(H,29,30). The van der Waals surface area contributed by atoms with E-state index >= 15 is 0 Å². The third kappa shape index (κ3) is 5.84. The summed E-state index contributed by atoms with van der Waals surface area (Å²) in [7, 11) is 3.12. The number of nitrogens with zero attached hydrogens (tertiary/aromatic N) is 2. The van der Waals surface area contributed by atoms with Crippen molar-refractivity contribution in [2.24, 2.45) is 0 Å². The van der Waals surface area contributed by atoms with E-state index in [0.717, 1.165) is 22.5 Å². The molecule has 2 heterocycles. The first-order valence-corrected chi connectivity index (χ1v) is 11.6. The van der Waals surface area contributed by atoms with Crippen LogP contribution in [0.2, 0.25) is 5.02 Å². The quantitative estimate of drug-likeness (QED) is 0.468. The summed E-state index contributed by atoms with van der Waals surface area (Å²) in [5.41, 5.74) is 3.44. The van der Waals surface area contributed by atoms with Crippen LogP contribution in [-0.2, 0) is 29.0 Å². The van der Waals surface area contributed by atoms with E-state index in [9.17, 15) is 9.59 Å². The Hall–Kier alpha value is -3.78. The van der Waals surface area contributed by atoms with Crippen LogP contribution in [0, 0.1) is 0 Å². The largest absolute Gasteiger partial charge is 0.493 e. The number of aromatic nitrogens is 2. The van der Waals surface area contributed by atoms with Crippen molar-refractivity contribution in [3.63, 3.8) is 0 Å². The first kappa shape index (κ1) is 24.3. The third-order valence-electron chi connectivity index (χ3n) is 5.91. The van der Waals surface area contributed by atoms with E-state index in [1.165, 1.54) is 6.08 Å². The maximum absolute atomic E-state index is 13.2. The number of methoxy groups -OCH3 is 2. The van der Waals surface area contributed by atoms with E-state index in [4.69, 9.17) is 21.1 Å². The number of H-pyrrole nitrogens is 1. The third-order valence-corrected chi connectivity index (χ3v) is 6.15. The molecule has 0 bridgehead atoms. The zero-order chi connectivity index (χ0) is 24.8. The van der Waals surface area contributed by atoms with Crippen molar-refractivity contribution in [2.45, 2.75) is 25.4 Å². The maximum Gasteiger partial charge on any atom is 0.247 e. The van der Waals surface area contributed by atoms with Gasteiger partial charge in [-0.15, -0.1) is 0 Å². The number of carbonyl (C=O) groups excluding carboxylic acids is 2. The van der Waals surface area contributed by atoms with Gasteiger partial charge in [-0.2, -0.15) is 0 Å². The van der Waals surface area contributed by atoms with Gasteiger partial charge in [-0.1, -0.05) is 29.8 Å². The molecule has 8 nitrogen and oxygen atoms in total. The van der Waals surface area contributed by atoms with E-state index in [0.29, 0.717) is 35.9 Å². The molecule has 2 N–H and O–H groups in total. The zero-order valence-electron chi connectivity index (χ0n) is 19.6. The minimum Gasteiger partial charge on any atom is -0.493 e. The molecule has 2 aromatic carbocycles. The highest BCUT2D eigenvalue weighted by molar-refractivity contribution is 6.30. The van der Waals surface area contributed by atoms with Gasteiger partial charge >= 0.3 is 0 Å². The number of fused-ring (bicyclic) bond motifs is 1. The van der Waals surface area contributed by atoms with E-state index < -0.39 is 6.04 Å². The Morgan fingerprint density at radius 1 is 1.20 bits per heavy atom. The number of ether oxygens (including phenoxy) is 2. The minimum atomic E-state index is -0.660. The van der Waals surface area contributed by atoms with Crippen molar-refractivity contribution < 1.29 is 19.1 Å². The van der Waals surface area contributed by atoms with E-state index in [-0.39, 0.29) is 18.4 Å². The van der Waals surface area contributed by atoms with Gasteiger partial charge in [-0.3, -0.25) is 9.59 Å². The molecular weight excluding hydrogens is 468 g/mol. The number of hydrogen-bond donors (Lipinski definition) is 2. The molecule has 2 amide bonds. The summed E-state index contributed by atoms with van der Waals surface area (Å²) in [5, 5.41) is 3.62. The highest BCUT2D eigenvalue weighted by Gasteiger charge is 2.35. The van der Waals surface area contributed by atoms with Crippen LogP contribution in [0.3, 0.4) is 0 Å². The van der Waals surface area contributed by atoms with Crippen molar-refractivity contribution in [2.75, 3.05) is 20.8 Å². The van der Waals surface area contributed by atoms with Crippen LogP contribution in [-0.4, -0.2) is 53.5 Å². The van der Waals surface area contributed by atoms with Gasteiger partial charge in [0.05, 0.1) is 38.5 Å². The smallest absolute Gasteiger partial charge is 0.247 e. The molecular formula is C26H27ClN4O4. The summed E-state index contributed by atoms with van der Waals surface area (Å²) in [6.07, 6.45) is 5.74. The van der Waals surface area contributed by atoms with Gasteiger partial charge in [0.25, 0.3) is 0 Å². The molecule has 0 fully saturated rings. The fourth-order valence-corrected chi connectivity index (χ4v) is 4.27. The van der Waals surface area contributed by atoms with Gasteiger partial charge in [-0.25, -0.2) is 4.98 Å². The predicted octanol–water partition coefficient (Wildman–Crippen LogP) is 3.41. The highest BCUT2D eigenvalue weighted by atomic mass is 35.5. The molecule has 9 heteroatoms. The predicted molar refractivity (Wildman–Crippen MR) is 133 cm³/mol. The van der Waals surface area contributed by atoms with E-state index in [2.05, 4.69) is 15.3 Å². The number of hydrogen-bond acceptors (Lipinski definition) is 5. The second-order valence-corrected chi connectivity index (χ2v) is 8.57. The summed E-state index contributed by atoms with van der Waals surface area (Å²) in [4.78, 5) is 35.2. The van der Waals surface area contributed by atoms with Gasteiger partial charge in [-0.05, 0) is 47.9 Å². The maximum atomic E-state index is 13.2. The van der Waals surface area contributed by atoms with Crippen molar-refractivity contribution in [3.05, 3.63) is 82.4 Å². The number of benzene rings is 2. The van der Waals surface area contributed by atoms with Crippen molar-refractivity contribution in [3.8, 4) is 11.5 Å². The molecule has 182 valence electrons. The average Bonchev–Trinajstić information content (AvgIpc) is 3.34. The van der Waals surface area contributed by atoms with Gasteiger partial charge in [0.15, 0.2) is 11.5 Å². The van der Waals surface area contributed by atoms with Gasteiger partial charge in [0.2, 0.25) is 11.8 Å². The van der Waals surface area contributed by atoms with Crippen molar-refractivity contribution in [1.29, 1.82) is 0 Å². The molecule has 1 unspecified atom stereocenters. The summed E-state index contributed by atoms with van der Waals surface area (Å²) in [6, 6.07) is 12.3. The first-order chi connectivity index (χ1) is 17.0. The fourth-order valence-electron chi connectivity index (χ4n) is 4.06. The summed E-state index contributed by atoms with van der Waals surface area (Å²) >= 11 is 6.04. The molecule has 1 aliphatic rings. The normalized spacial score (nSPS) is 15.1. The van der Waals surface area contributed by atoms with E-state index in [1.807, 2.05) is 30.3 Å². The number of rotatable bonds is 8. The molecule has 0 spiro atoms. The molecule has 0 aliphatic carbocycles. The number of aromatic amines is 1. The van der Waals surface area contributed by atoms with Crippen molar-refractivity contribution >= 4 is 29.5 Å². The Morgan fingerprint density at radius 3 is 2.80 bits per heavy atom. The Kier molecular flexibility index (Phi) is 7.72. The monoisotopic (exact) mass is 494 g/mol. The molecule has 4 rings (SSSR count). The molecule has 3 aromatic rings. The van der Waals surface area contributed by atoms with Crippen LogP contribution in [0.1, 0.15) is 22.5 Å². The van der Waals surface area contributed by atoms with Gasteiger partial charge in [0.1, 0.15) is 6.04 Å². The summed E-state index contributed by atoms with van der Waals surface area (Å²) in [5.74, 6) is 0.691. The molecule has 1 aliphatic heterocycles. The zero-order valence-corrected chi connectivity index (χ0v) is 20.3. The van der Waals surface area contributed by atoms with E-state index in [1.54, 1.807) is 43.7 Å². The van der Waals surface area contributed by atoms with Crippen LogP contribution in [0.5, 0.6) is 11.5 Å². The molecule has 0 saturated carbocycles. The molecule has 1 aromatic heterocycles. The average molecular weight is 495 g/mol. The highest BCUT2D eigenvalue weighted by Crippen LogP contribution is 2.28. The number of halogens is 1. The lowest BCUT2D eigenvalue weighted by molar-refractivity contribution is -0.138. The molecule has 35 heavy (non-hydrogen) atoms. The SMILES string of the molecule is COc1ccc(C=CC(=O)N2Cc3[nH]cnc3CC2C(=O)NCCc2cccc(Cl)c2)cc1OC. The minimum absolute atomic E-state index is 0.214. The Balaban J connectivity index is 1.46. The second kappa shape index (κ2) is 11.1. The van der Waals surface area contributed by atoms with Crippen LogP contribution in [0.25, 0.3) is 6.08 Å². The Morgan fingerprint density at radius 2 is 2.03 bits per heavy atom. The lowest BCUT2D eigenvalue weighted by Gasteiger charge is -2.33. The lowest BCUT2D eigenvalue weighted by atomic mass is 10.0. The van der Waals surface area contributed by atoms with Crippen LogP contribution < -0.4 is 14.8 Å². The van der Waals surface area contributed by atoms with Crippen LogP contribution in [0.4, 0.5) is 0 Å². The first-order valence-electron chi connectivity index (χ1n) is 11.2. The fraction of sp³-hybridized carbons (Fsp3) is 0.269. The number of carbonyl (C=O) groups is 2. The van der Waals surface area contributed by atoms with Gasteiger partial charge in [0, 0.05) is 24.1 Å². The Bertz CT molecular complexity index is 1240. The Labute approximate surface area is 208 Å². The summed E-state index contributed by atoms with van der Waals surface area (Å²) in [6.45, 7) is 0.712. The summed E-state index contributed by atoms with van der Waals surface area (Å²) < 4.78 is 10.6. The lowest BCUT2D eigenvalue weighted by Crippen LogP contribution is -2.52. The molecule has 0 saturated heterocycles.